The Morgan fingerprint density at radius 2 is 2.12 bits per heavy atom. The molecule has 2 rings (SSSR count). The van der Waals surface area contributed by atoms with E-state index in [0.29, 0.717) is 23.3 Å². The molecule has 1 heterocycles. The van der Waals surface area contributed by atoms with Gasteiger partial charge in [0.2, 0.25) is 12.2 Å². The number of carbonyl (C=O) groups excluding carboxylic acids is 3. The highest BCUT2D eigenvalue weighted by molar-refractivity contribution is 5.90. The van der Waals surface area contributed by atoms with Crippen LogP contribution in [0.3, 0.4) is 0 Å². The van der Waals surface area contributed by atoms with Crippen molar-refractivity contribution >= 4 is 23.9 Å². The molecule has 1 aliphatic rings. The molecule has 3 unspecified atom stereocenters. The summed E-state index contributed by atoms with van der Waals surface area (Å²) in [5.74, 6) is -0.388. The topological polar surface area (TPSA) is 111 Å². The van der Waals surface area contributed by atoms with Gasteiger partial charge in [0.15, 0.2) is 0 Å². The molecule has 1 saturated heterocycles. The average molecular weight is 351 g/mol. The summed E-state index contributed by atoms with van der Waals surface area (Å²) in [6.07, 6.45) is -1.20. The van der Waals surface area contributed by atoms with Crippen LogP contribution in [0.2, 0.25) is 0 Å². The summed E-state index contributed by atoms with van der Waals surface area (Å²) < 4.78 is 16.1. The molecule has 1 aromatic rings. The van der Waals surface area contributed by atoms with E-state index < -0.39 is 24.5 Å². The van der Waals surface area contributed by atoms with Gasteiger partial charge in [-0.05, 0) is 17.7 Å². The fourth-order valence-corrected chi connectivity index (χ4v) is 2.44. The molecule has 1 fully saturated rings. The zero-order chi connectivity index (χ0) is 18.4. The molecule has 8 heteroatoms. The minimum absolute atomic E-state index is 0.0635. The summed E-state index contributed by atoms with van der Waals surface area (Å²) in [6.45, 7) is 2.72. The first kappa shape index (κ1) is 18.9. The van der Waals surface area contributed by atoms with Gasteiger partial charge >= 0.3 is 5.97 Å². The third-order valence-electron chi connectivity index (χ3n) is 3.50. The monoisotopic (exact) mass is 351 g/mol. The molecule has 3 atom stereocenters. The summed E-state index contributed by atoms with van der Waals surface area (Å²) in [5, 5.41) is 12.4. The molecular weight excluding hydrogens is 330 g/mol. The van der Waals surface area contributed by atoms with Gasteiger partial charge in [-0.1, -0.05) is 6.07 Å². The van der Waals surface area contributed by atoms with Gasteiger partial charge in [-0.3, -0.25) is 9.59 Å². The summed E-state index contributed by atoms with van der Waals surface area (Å²) in [5.41, 5.74) is 1.05. The highest BCUT2D eigenvalue weighted by atomic mass is 16.7. The Balaban J connectivity index is 2.15. The Morgan fingerprint density at radius 3 is 2.76 bits per heavy atom. The van der Waals surface area contributed by atoms with Crippen molar-refractivity contribution in [2.75, 3.05) is 5.32 Å². The third kappa shape index (κ3) is 5.84. The van der Waals surface area contributed by atoms with Crippen molar-refractivity contribution in [3.05, 3.63) is 23.8 Å². The fraction of sp³-hybridized carbons (Fsp3) is 0.471. The molecule has 1 aliphatic heterocycles. The number of benzene rings is 1. The second-order valence-electron chi connectivity index (χ2n) is 5.78. The Labute approximate surface area is 145 Å². The predicted molar refractivity (Wildman–Crippen MR) is 86.8 cm³/mol. The van der Waals surface area contributed by atoms with Crippen LogP contribution in [-0.4, -0.2) is 41.8 Å². The number of hydrogen-bond acceptors (Lipinski definition) is 7. The Hall–Kier alpha value is -2.45. The minimum Gasteiger partial charge on any atom is -0.463 e. The number of anilines is 1. The maximum Gasteiger partial charge on any atom is 0.302 e. The SMILES string of the molecule is CC(=O)Nc1cc(COC(C)=O)ccc1OC1CC(O)CC(C=O)O1. The predicted octanol–water partition coefficient (Wildman–Crippen LogP) is 1.15. The van der Waals surface area contributed by atoms with E-state index >= 15 is 0 Å². The summed E-state index contributed by atoms with van der Waals surface area (Å²) in [7, 11) is 0. The van der Waals surface area contributed by atoms with E-state index in [0.717, 1.165) is 0 Å². The van der Waals surface area contributed by atoms with Crippen LogP contribution in [0.1, 0.15) is 32.3 Å². The quantitative estimate of drug-likeness (QED) is 0.584. The van der Waals surface area contributed by atoms with Crippen molar-refractivity contribution in [1.82, 2.24) is 0 Å². The van der Waals surface area contributed by atoms with Gasteiger partial charge in [0, 0.05) is 26.7 Å². The molecule has 0 radical (unpaired) electrons. The highest BCUT2D eigenvalue weighted by Gasteiger charge is 2.30. The maximum atomic E-state index is 11.4. The second-order valence-corrected chi connectivity index (χ2v) is 5.78. The Morgan fingerprint density at radius 1 is 1.36 bits per heavy atom. The number of ether oxygens (including phenoxy) is 3. The maximum absolute atomic E-state index is 11.4. The molecule has 0 spiro atoms. The molecule has 136 valence electrons. The highest BCUT2D eigenvalue weighted by Crippen LogP contribution is 2.30. The molecule has 0 aliphatic carbocycles. The molecule has 0 bridgehead atoms. The van der Waals surface area contributed by atoms with Gasteiger partial charge in [-0.25, -0.2) is 0 Å². The van der Waals surface area contributed by atoms with E-state index in [1.807, 2.05) is 0 Å². The summed E-state index contributed by atoms with van der Waals surface area (Å²) >= 11 is 0. The number of hydrogen-bond donors (Lipinski definition) is 2. The van der Waals surface area contributed by atoms with Gasteiger partial charge < -0.3 is 29.4 Å². The zero-order valence-corrected chi connectivity index (χ0v) is 14.1. The largest absolute Gasteiger partial charge is 0.463 e. The van der Waals surface area contributed by atoms with E-state index in [1.54, 1.807) is 18.2 Å². The van der Waals surface area contributed by atoms with Crippen molar-refractivity contribution in [2.24, 2.45) is 0 Å². The van der Waals surface area contributed by atoms with Crippen LogP contribution >= 0.6 is 0 Å². The van der Waals surface area contributed by atoms with Crippen LogP contribution in [-0.2, 0) is 30.5 Å². The van der Waals surface area contributed by atoms with Crippen LogP contribution in [0, 0.1) is 0 Å². The number of aliphatic hydroxyl groups is 1. The lowest BCUT2D eigenvalue weighted by atomic mass is 10.1. The number of nitrogens with one attached hydrogen (secondary N) is 1. The van der Waals surface area contributed by atoms with E-state index in [-0.39, 0.29) is 25.4 Å². The third-order valence-corrected chi connectivity index (χ3v) is 3.50. The summed E-state index contributed by atoms with van der Waals surface area (Å²) in [6, 6.07) is 4.90. The van der Waals surface area contributed by atoms with Gasteiger partial charge in [0.1, 0.15) is 24.7 Å². The molecule has 1 amide bonds. The van der Waals surface area contributed by atoms with Gasteiger partial charge in [-0.2, -0.15) is 0 Å². The molecule has 25 heavy (non-hydrogen) atoms. The Kier molecular flexibility index (Phi) is 6.49. The first-order valence-electron chi connectivity index (χ1n) is 7.86. The molecule has 0 aromatic heterocycles. The lowest BCUT2D eigenvalue weighted by Crippen LogP contribution is -2.39. The number of carbonyl (C=O) groups is 3. The van der Waals surface area contributed by atoms with Crippen molar-refractivity contribution in [3.63, 3.8) is 0 Å². The number of aliphatic hydroxyl groups excluding tert-OH is 1. The zero-order valence-electron chi connectivity index (χ0n) is 14.1. The first-order valence-corrected chi connectivity index (χ1v) is 7.86. The Bertz CT molecular complexity index is 646. The van der Waals surface area contributed by atoms with Gasteiger partial charge in [-0.15, -0.1) is 0 Å². The lowest BCUT2D eigenvalue weighted by Gasteiger charge is -2.31. The van der Waals surface area contributed by atoms with E-state index in [1.165, 1.54) is 13.8 Å². The van der Waals surface area contributed by atoms with Crippen molar-refractivity contribution in [2.45, 2.75) is 51.8 Å². The lowest BCUT2D eigenvalue weighted by molar-refractivity contribution is -0.175. The van der Waals surface area contributed by atoms with E-state index in [2.05, 4.69) is 5.32 Å². The first-order chi connectivity index (χ1) is 11.9. The number of amides is 1. The summed E-state index contributed by atoms with van der Waals surface area (Å²) in [4.78, 5) is 33.2. The fourth-order valence-electron chi connectivity index (χ4n) is 2.44. The van der Waals surface area contributed by atoms with Crippen molar-refractivity contribution < 1.29 is 33.7 Å². The van der Waals surface area contributed by atoms with Crippen molar-refractivity contribution in [3.8, 4) is 5.75 Å². The van der Waals surface area contributed by atoms with E-state index in [9.17, 15) is 19.5 Å². The molecule has 8 nitrogen and oxygen atoms in total. The van der Waals surface area contributed by atoms with Crippen molar-refractivity contribution in [1.29, 1.82) is 0 Å². The van der Waals surface area contributed by atoms with Crippen LogP contribution in [0.4, 0.5) is 5.69 Å². The molecular formula is C17H21NO7. The normalized spacial score (nSPS) is 22.8. The molecule has 0 saturated carbocycles. The number of esters is 1. The standard InChI is InChI=1S/C17H21NO7/c1-10(20)18-15-5-12(9-23-11(2)21)3-4-16(15)25-17-7-13(22)6-14(8-19)24-17/h3-5,8,13-14,17,22H,6-7,9H2,1-2H3,(H,18,20). The van der Waals surface area contributed by atoms with Crippen LogP contribution in [0.25, 0.3) is 0 Å². The van der Waals surface area contributed by atoms with Gasteiger partial charge in [0.25, 0.3) is 0 Å². The van der Waals surface area contributed by atoms with Crippen LogP contribution in [0.15, 0.2) is 18.2 Å². The molecule has 2 N–H and O–H groups in total. The number of aldehydes is 1. The smallest absolute Gasteiger partial charge is 0.302 e. The van der Waals surface area contributed by atoms with E-state index in [4.69, 9.17) is 14.2 Å². The number of rotatable bonds is 6. The average Bonchev–Trinajstić information content (AvgIpc) is 2.53. The van der Waals surface area contributed by atoms with Gasteiger partial charge in [0.05, 0.1) is 11.8 Å². The van der Waals surface area contributed by atoms with Crippen LogP contribution in [0.5, 0.6) is 5.75 Å². The molecule has 1 aromatic carbocycles. The second kappa shape index (κ2) is 8.59. The van der Waals surface area contributed by atoms with Crippen LogP contribution < -0.4 is 10.1 Å². The minimum atomic E-state index is -0.814.